The average molecular weight is 472 g/mol. The van der Waals surface area contributed by atoms with Gasteiger partial charge in [0, 0.05) is 34.7 Å². The maximum atomic E-state index is 12.4. The number of aliphatic imine (C=N–C) groups is 1. The van der Waals surface area contributed by atoms with E-state index in [1.54, 1.807) is 6.07 Å². The van der Waals surface area contributed by atoms with Crippen LogP contribution in [0.15, 0.2) is 76.3 Å². The van der Waals surface area contributed by atoms with Crippen LogP contribution in [-0.4, -0.2) is 36.5 Å². The van der Waals surface area contributed by atoms with Crippen LogP contribution in [0.25, 0.3) is 27.5 Å². The Labute approximate surface area is 200 Å². The first kappa shape index (κ1) is 22.5. The maximum absolute atomic E-state index is 12.4. The third-order valence-corrected chi connectivity index (χ3v) is 7.84. The second-order valence-electron chi connectivity index (χ2n) is 9.18. The van der Waals surface area contributed by atoms with E-state index >= 15 is 0 Å². The Hall–Kier alpha value is -3.25. The molecule has 5 nitrogen and oxygen atoms in total. The van der Waals surface area contributed by atoms with E-state index in [0.717, 1.165) is 58.2 Å². The minimum absolute atomic E-state index is 0.0616. The second-order valence-corrected chi connectivity index (χ2v) is 11.2. The zero-order chi connectivity index (χ0) is 24.0. The fourth-order valence-electron chi connectivity index (χ4n) is 5.14. The summed E-state index contributed by atoms with van der Waals surface area (Å²) in [6.07, 6.45) is 5.11. The number of sulfone groups is 1. The molecule has 0 N–H and O–H groups in total. The highest BCUT2D eigenvalue weighted by Gasteiger charge is 2.23. The van der Waals surface area contributed by atoms with Gasteiger partial charge in [-0.2, -0.15) is 0 Å². The molecular formula is C28H29N3O2S. The number of aromatic nitrogens is 2. The lowest BCUT2D eigenvalue weighted by Crippen LogP contribution is -2.11. The molecule has 1 atom stereocenters. The van der Waals surface area contributed by atoms with E-state index in [-0.39, 0.29) is 6.04 Å². The molecule has 0 bridgehead atoms. The molecule has 3 heterocycles. The first-order valence-electron chi connectivity index (χ1n) is 11.7. The van der Waals surface area contributed by atoms with Crippen molar-refractivity contribution in [2.45, 2.75) is 44.6 Å². The smallest absolute Gasteiger partial charge is 0.175 e. The highest BCUT2D eigenvalue weighted by Crippen LogP contribution is 2.38. The molecular weight excluding hydrogens is 442 g/mol. The lowest BCUT2D eigenvalue weighted by molar-refractivity contribution is 0.561. The number of fused-ring (bicyclic) bond motifs is 3. The van der Waals surface area contributed by atoms with Crippen molar-refractivity contribution in [3.8, 4) is 0 Å². The largest absolute Gasteiger partial charge is 0.331 e. The van der Waals surface area contributed by atoms with Gasteiger partial charge in [-0.05, 0) is 55.7 Å². The van der Waals surface area contributed by atoms with E-state index in [1.807, 2.05) is 31.3 Å². The van der Waals surface area contributed by atoms with E-state index in [9.17, 15) is 8.42 Å². The van der Waals surface area contributed by atoms with Crippen LogP contribution in [0.4, 0.5) is 0 Å². The van der Waals surface area contributed by atoms with Gasteiger partial charge < -0.3 is 4.57 Å². The van der Waals surface area contributed by atoms with Crippen LogP contribution < -0.4 is 0 Å². The summed E-state index contributed by atoms with van der Waals surface area (Å²) in [4.78, 5) is 9.85. The fraction of sp³-hybridized carbons (Fsp3) is 0.286. The summed E-state index contributed by atoms with van der Waals surface area (Å²) in [5.74, 6) is 0. The lowest BCUT2D eigenvalue weighted by atomic mass is 9.99. The van der Waals surface area contributed by atoms with Crippen molar-refractivity contribution in [1.29, 1.82) is 0 Å². The number of hydrogen-bond acceptors (Lipinski definition) is 4. The fourth-order valence-corrected chi connectivity index (χ4v) is 5.78. The Morgan fingerprint density at radius 2 is 1.79 bits per heavy atom. The molecule has 174 valence electrons. The zero-order valence-corrected chi connectivity index (χ0v) is 20.9. The number of pyridine rings is 1. The van der Waals surface area contributed by atoms with Gasteiger partial charge in [0.15, 0.2) is 9.84 Å². The van der Waals surface area contributed by atoms with Crippen molar-refractivity contribution in [3.63, 3.8) is 0 Å². The van der Waals surface area contributed by atoms with Gasteiger partial charge in [-0.3, -0.25) is 9.98 Å². The van der Waals surface area contributed by atoms with Gasteiger partial charge in [-0.15, -0.1) is 0 Å². The quantitative estimate of drug-likeness (QED) is 0.335. The van der Waals surface area contributed by atoms with Crippen LogP contribution in [0, 0.1) is 0 Å². The van der Waals surface area contributed by atoms with Gasteiger partial charge in [0.2, 0.25) is 0 Å². The summed E-state index contributed by atoms with van der Waals surface area (Å²) in [6, 6.07) is 18.1. The standard InChI is InChI=1S/C28H29N3O2S/c1-5-9-24(20-10-7-6-8-11-20)31-25-15-22(34(4,32)33)12-13-23(25)28-26(31)14-21(17-30-28)27-18(2)16-29-19(27)3/h6-8,10-15,17,24H,5,9,16H2,1-4H3. The van der Waals surface area contributed by atoms with Crippen molar-refractivity contribution < 1.29 is 8.42 Å². The molecule has 6 heteroatoms. The lowest BCUT2D eigenvalue weighted by Gasteiger charge is -2.22. The van der Waals surface area contributed by atoms with E-state index in [4.69, 9.17) is 4.98 Å². The van der Waals surface area contributed by atoms with Crippen LogP contribution in [-0.2, 0) is 9.84 Å². The third kappa shape index (κ3) is 3.76. The molecule has 2 aromatic heterocycles. The number of hydrogen-bond donors (Lipinski definition) is 0. The highest BCUT2D eigenvalue weighted by molar-refractivity contribution is 7.90. The number of benzene rings is 2. The van der Waals surface area contributed by atoms with Crippen molar-refractivity contribution in [2.24, 2.45) is 4.99 Å². The Kier molecular flexibility index (Phi) is 5.64. The van der Waals surface area contributed by atoms with Gasteiger partial charge in [-0.25, -0.2) is 8.42 Å². The van der Waals surface area contributed by atoms with Crippen LogP contribution in [0.3, 0.4) is 0 Å². The molecule has 0 saturated carbocycles. The highest BCUT2D eigenvalue weighted by atomic mass is 32.2. The SMILES string of the molecule is CCCC(c1ccccc1)n1c2cc(S(C)(=O)=O)ccc2c2ncc(C3=C(C)CN=C3C)cc21. The molecule has 1 aliphatic rings. The molecule has 0 aliphatic carbocycles. The molecule has 0 saturated heterocycles. The van der Waals surface area contributed by atoms with Gasteiger partial charge >= 0.3 is 0 Å². The van der Waals surface area contributed by atoms with Crippen molar-refractivity contribution in [1.82, 2.24) is 9.55 Å². The summed E-state index contributed by atoms with van der Waals surface area (Å²) in [5, 5.41) is 0.966. The summed E-state index contributed by atoms with van der Waals surface area (Å²) in [6.45, 7) is 7.08. The number of nitrogens with zero attached hydrogens (tertiary/aromatic N) is 3. The van der Waals surface area contributed by atoms with Crippen LogP contribution in [0.1, 0.15) is 50.8 Å². The van der Waals surface area contributed by atoms with E-state index < -0.39 is 9.84 Å². The van der Waals surface area contributed by atoms with E-state index in [0.29, 0.717) is 4.90 Å². The van der Waals surface area contributed by atoms with Crippen LogP contribution in [0.2, 0.25) is 0 Å². The first-order valence-corrected chi connectivity index (χ1v) is 13.6. The molecule has 1 unspecified atom stereocenters. The molecule has 0 fully saturated rings. The molecule has 34 heavy (non-hydrogen) atoms. The summed E-state index contributed by atoms with van der Waals surface area (Å²) in [5.41, 5.74) is 8.50. The minimum Gasteiger partial charge on any atom is -0.331 e. The normalized spacial score (nSPS) is 15.4. The Balaban J connectivity index is 1.87. The van der Waals surface area contributed by atoms with Crippen LogP contribution >= 0.6 is 0 Å². The number of allylic oxidation sites excluding steroid dienone is 1. The summed E-state index contributed by atoms with van der Waals surface area (Å²) < 4.78 is 27.1. The van der Waals surface area contributed by atoms with Gasteiger partial charge in [0.1, 0.15) is 0 Å². The zero-order valence-electron chi connectivity index (χ0n) is 20.0. The average Bonchev–Trinajstić information content (AvgIpc) is 3.32. The molecule has 1 aliphatic heterocycles. The Morgan fingerprint density at radius 3 is 2.44 bits per heavy atom. The number of rotatable bonds is 6. The maximum Gasteiger partial charge on any atom is 0.175 e. The third-order valence-electron chi connectivity index (χ3n) is 6.73. The van der Waals surface area contributed by atoms with Crippen LogP contribution in [0.5, 0.6) is 0 Å². The predicted molar refractivity (Wildman–Crippen MR) is 140 cm³/mol. The molecule has 0 spiro atoms. The van der Waals surface area contributed by atoms with Crippen molar-refractivity contribution in [2.75, 3.05) is 12.8 Å². The minimum atomic E-state index is -3.34. The summed E-state index contributed by atoms with van der Waals surface area (Å²) in [7, 11) is -3.34. The monoisotopic (exact) mass is 471 g/mol. The predicted octanol–water partition coefficient (Wildman–Crippen LogP) is 6.23. The molecule has 4 aromatic rings. The van der Waals surface area contributed by atoms with Gasteiger partial charge in [-0.1, -0.05) is 43.7 Å². The molecule has 5 rings (SSSR count). The second kappa shape index (κ2) is 8.51. The molecule has 0 radical (unpaired) electrons. The van der Waals surface area contributed by atoms with Crippen molar-refractivity contribution in [3.05, 3.63) is 77.5 Å². The summed E-state index contributed by atoms with van der Waals surface area (Å²) >= 11 is 0. The van der Waals surface area contributed by atoms with E-state index in [1.165, 1.54) is 17.4 Å². The topological polar surface area (TPSA) is 64.3 Å². The molecule has 2 aromatic carbocycles. The van der Waals surface area contributed by atoms with Crippen molar-refractivity contribution >= 4 is 43.1 Å². The van der Waals surface area contributed by atoms with E-state index in [2.05, 4.69) is 53.7 Å². The Morgan fingerprint density at radius 1 is 1.03 bits per heavy atom. The van der Waals surface area contributed by atoms with Gasteiger partial charge in [0.25, 0.3) is 0 Å². The molecule has 0 amide bonds. The first-order chi connectivity index (χ1) is 16.3. The van der Waals surface area contributed by atoms with Gasteiger partial charge in [0.05, 0.1) is 34.0 Å². The Bertz CT molecular complexity index is 1580.